The number of benzene rings is 3. The van der Waals surface area contributed by atoms with Crippen molar-refractivity contribution in [3.05, 3.63) is 60.2 Å². The minimum Gasteiger partial charge on any atom is -0.486 e. The molecule has 0 unspecified atom stereocenters. The van der Waals surface area contributed by atoms with Crippen LogP contribution in [0, 0.1) is 11.3 Å². The van der Waals surface area contributed by atoms with Crippen LogP contribution in [0.5, 0.6) is 5.75 Å². The summed E-state index contributed by atoms with van der Waals surface area (Å²) in [5.74, 6) is 0.581. The van der Waals surface area contributed by atoms with E-state index >= 15 is 0 Å². The molecule has 0 aromatic heterocycles. The molecule has 0 bridgehead atoms. The highest BCUT2D eigenvalue weighted by molar-refractivity contribution is 5.91. The molecule has 1 saturated heterocycles. The van der Waals surface area contributed by atoms with Gasteiger partial charge in [-0.15, -0.1) is 0 Å². The molecule has 0 saturated carbocycles. The molecule has 1 fully saturated rings. The van der Waals surface area contributed by atoms with Crippen molar-refractivity contribution in [2.24, 2.45) is 5.73 Å². The van der Waals surface area contributed by atoms with Gasteiger partial charge >= 0.3 is 0 Å². The number of rotatable bonds is 8. The van der Waals surface area contributed by atoms with Crippen LogP contribution in [0.2, 0.25) is 0 Å². The van der Waals surface area contributed by atoms with E-state index in [-0.39, 0.29) is 0 Å². The van der Waals surface area contributed by atoms with Crippen molar-refractivity contribution in [1.29, 1.82) is 5.26 Å². The summed E-state index contributed by atoms with van der Waals surface area (Å²) in [6, 6.07) is 21.2. The number of nitrogens with two attached hydrogens (primary N) is 1. The number of anilines is 1. The maximum atomic E-state index is 10.1. The molecule has 3 aromatic rings. The molecule has 2 N–H and O–H groups in total. The Labute approximate surface area is 215 Å². The van der Waals surface area contributed by atoms with Gasteiger partial charge in [-0.2, -0.15) is 5.26 Å². The third-order valence-electron chi connectivity index (χ3n) is 6.71. The molecule has 0 radical (unpaired) electrons. The number of piperazine rings is 1. The number of ether oxygens (including phenoxy) is 2. The van der Waals surface area contributed by atoms with Gasteiger partial charge in [0.2, 0.25) is 0 Å². The van der Waals surface area contributed by atoms with E-state index in [0.717, 1.165) is 42.7 Å². The SMILES string of the molecule is CN1CCN(c2ccc3cc(-c4cccc(OC(C)(C)CCOC(C)(C)N)c4C#N)ccc3c2)CC1. The molecule has 190 valence electrons. The van der Waals surface area contributed by atoms with Gasteiger partial charge in [0.05, 0.1) is 6.61 Å². The third kappa shape index (κ3) is 6.36. The summed E-state index contributed by atoms with van der Waals surface area (Å²) in [7, 11) is 2.17. The average Bonchev–Trinajstić information content (AvgIpc) is 2.82. The Bertz CT molecular complexity index is 1250. The lowest BCUT2D eigenvalue weighted by Crippen LogP contribution is -2.44. The lowest BCUT2D eigenvalue weighted by Gasteiger charge is -2.34. The highest BCUT2D eigenvalue weighted by Crippen LogP contribution is 2.35. The van der Waals surface area contributed by atoms with Gasteiger partial charge in [0, 0.05) is 43.9 Å². The predicted molar refractivity (Wildman–Crippen MR) is 147 cm³/mol. The predicted octanol–water partition coefficient (Wildman–Crippen LogP) is 5.39. The van der Waals surface area contributed by atoms with Crippen molar-refractivity contribution in [3.8, 4) is 22.9 Å². The first kappa shape index (κ1) is 26.0. The molecule has 0 spiro atoms. The second-order valence-electron chi connectivity index (χ2n) is 10.9. The van der Waals surface area contributed by atoms with Crippen molar-refractivity contribution in [3.63, 3.8) is 0 Å². The molecule has 6 nitrogen and oxygen atoms in total. The summed E-state index contributed by atoms with van der Waals surface area (Å²) >= 11 is 0. The van der Waals surface area contributed by atoms with Gasteiger partial charge in [-0.05, 0) is 75.3 Å². The molecule has 0 amide bonds. The zero-order valence-corrected chi connectivity index (χ0v) is 22.2. The van der Waals surface area contributed by atoms with Crippen molar-refractivity contribution >= 4 is 16.5 Å². The first-order valence-electron chi connectivity index (χ1n) is 12.7. The molecule has 3 aromatic carbocycles. The Morgan fingerprint density at radius 2 is 1.64 bits per heavy atom. The minimum absolute atomic E-state index is 0.471. The van der Waals surface area contributed by atoms with E-state index in [1.807, 2.05) is 45.9 Å². The first-order valence-corrected chi connectivity index (χ1v) is 12.7. The number of fused-ring (bicyclic) bond motifs is 1. The normalized spacial score (nSPS) is 15.2. The summed E-state index contributed by atoms with van der Waals surface area (Å²) in [5, 5.41) is 12.4. The van der Waals surface area contributed by atoms with E-state index in [1.165, 1.54) is 11.1 Å². The molecular formula is C30H38N4O2. The number of hydrogen-bond acceptors (Lipinski definition) is 6. The van der Waals surface area contributed by atoms with Crippen LogP contribution in [-0.4, -0.2) is 56.1 Å². The summed E-state index contributed by atoms with van der Waals surface area (Å²) in [4.78, 5) is 4.81. The largest absolute Gasteiger partial charge is 0.486 e. The zero-order valence-electron chi connectivity index (χ0n) is 22.2. The van der Waals surface area contributed by atoms with Crippen LogP contribution in [0.25, 0.3) is 21.9 Å². The highest BCUT2D eigenvalue weighted by atomic mass is 16.5. The Kier molecular flexibility index (Phi) is 7.56. The van der Waals surface area contributed by atoms with Crippen molar-refractivity contribution in [2.45, 2.75) is 45.4 Å². The van der Waals surface area contributed by atoms with Crippen LogP contribution in [0.15, 0.2) is 54.6 Å². The van der Waals surface area contributed by atoms with Crippen molar-refractivity contribution in [1.82, 2.24) is 4.90 Å². The molecule has 1 heterocycles. The lowest BCUT2D eigenvalue weighted by atomic mass is 9.96. The number of likely N-dealkylation sites (N-methyl/N-ethyl adjacent to an activating group) is 1. The first-order chi connectivity index (χ1) is 17.0. The second-order valence-corrected chi connectivity index (χ2v) is 10.9. The van der Waals surface area contributed by atoms with Crippen molar-refractivity contribution < 1.29 is 9.47 Å². The van der Waals surface area contributed by atoms with Crippen LogP contribution >= 0.6 is 0 Å². The Hall–Kier alpha value is -3.11. The van der Waals surface area contributed by atoms with Gasteiger partial charge in [-0.25, -0.2) is 0 Å². The number of nitriles is 1. The smallest absolute Gasteiger partial charge is 0.138 e. The molecule has 1 aliphatic heterocycles. The van der Waals surface area contributed by atoms with Crippen LogP contribution in [-0.2, 0) is 4.74 Å². The van der Waals surface area contributed by atoms with Gasteiger partial charge in [0.15, 0.2) is 0 Å². The fraction of sp³-hybridized carbons (Fsp3) is 0.433. The number of hydrogen-bond donors (Lipinski definition) is 1. The van der Waals surface area contributed by atoms with Crippen LogP contribution < -0.4 is 15.4 Å². The van der Waals surface area contributed by atoms with E-state index in [4.69, 9.17) is 15.2 Å². The fourth-order valence-corrected chi connectivity index (χ4v) is 4.54. The molecule has 1 aliphatic rings. The van der Waals surface area contributed by atoms with Crippen LogP contribution in [0.1, 0.15) is 39.7 Å². The molecule has 0 atom stereocenters. The monoisotopic (exact) mass is 486 g/mol. The average molecular weight is 487 g/mol. The van der Waals surface area contributed by atoms with E-state index in [2.05, 4.69) is 59.3 Å². The number of nitrogens with zero attached hydrogens (tertiary/aromatic N) is 3. The van der Waals surface area contributed by atoms with Gasteiger partial charge in [-0.3, -0.25) is 0 Å². The van der Waals surface area contributed by atoms with Crippen LogP contribution in [0.3, 0.4) is 0 Å². The Balaban J connectivity index is 1.57. The quantitative estimate of drug-likeness (QED) is 0.430. The van der Waals surface area contributed by atoms with Gasteiger partial charge < -0.3 is 25.0 Å². The van der Waals surface area contributed by atoms with Gasteiger partial charge in [-0.1, -0.05) is 30.3 Å². The third-order valence-corrected chi connectivity index (χ3v) is 6.71. The van der Waals surface area contributed by atoms with Gasteiger partial charge in [0.1, 0.15) is 28.7 Å². The van der Waals surface area contributed by atoms with Crippen LogP contribution in [0.4, 0.5) is 5.69 Å². The fourth-order valence-electron chi connectivity index (χ4n) is 4.54. The molecule has 0 aliphatic carbocycles. The van der Waals surface area contributed by atoms with Crippen molar-refractivity contribution in [2.75, 3.05) is 44.7 Å². The Morgan fingerprint density at radius 1 is 0.944 bits per heavy atom. The maximum absolute atomic E-state index is 10.1. The topological polar surface area (TPSA) is 74.8 Å². The van der Waals surface area contributed by atoms with E-state index in [0.29, 0.717) is 24.3 Å². The zero-order chi connectivity index (χ0) is 25.9. The van der Waals surface area contributed by atoms with Gasteiger partial charge in [0.25, 0.3) is 0 Å². The summed E-state index contributed by atoms with van der Waals surface area (Å²) in [6.07, 6.45) is 0.647. The maximum Gasteiger partial charge on any atom is 0.138 e. The van der Waals surface area contributed by atoms with E-state index in [9.17, 15) is 5.26 Å². The standard InChI is InChI=1S/C30H38N4O2/c1-29(2,13-18-35-30(3,4)32)36-28-8-6-7-26(27(28)21-31)24-10-9-23-20-25(12-11-22(23)19-24)34-16-14-33(5)15-17-34/h6-12,19-20H,13-18,32H2,1-5H3. The molecule has 4 rings (SSSR count). The molecule has 6 heteroatoms. The summed E-state index contributed by atoms with van der Waals surface area (Å²) in [6.45, 7) is 12.4. The lowest BCUT2D eigenvalue weighted by molar-refractivity contribution is -0.0366. The Morgan fingerprint density at radius 3 is 2.33 bits per heavy atom. The second kappa shape index (κ2) is 10.5. The summed E-state index contributed by atoms with van der Waals surface area (Å²) in [5.41, 5.74) is 8.41. The highest BCUT2D eigenvalue weighted by Gasteiger charge is 2.24. The summed E-state index contributed by atoms with van der Waals surface area (Å²) < 4.78 is 12.0. The van der Waals surface area contributed by atoms with E-state index in [1.54, 1.807) is 0 Å². The molecule has 36 heavy (non-hydrogen) atoms. The minimum atomic E-state index is -0.685. The van der Waals surface area contributed by atoms with E-state index < -0.39 is 11.3 Å². The molecular weight excluding hydrogens is 448 g/mol.